The van der Waals surface area contributed by atoms with E-state index in [-0.39, 0.29) is 22.0 Å². The van der Waals surface area contributed by atoms with E-state index in [1.807, 2.05) is 0 Å². The Morgan fingerprint density at radius 3 is 2.43 bits per heavy atom. The van der Waals surface area contributed by atoms with Crippen LogP contribution in [0.3, 0.4) is 0 Å². The van der Waals surface area contributed by atoms with Crippen LogP contribution >= 0.6 is 0 Å². The van der Waals surface area contributed by atoms with Gasteiger partial charge in [0.15, 0.2) is 11.5 Å². The van der Waals surface area contributed by atoms with Crippen LogP contribution in [0.4, 0.5) is 4.39 Å². The van der Waals surface area contributed by atoms with E-state index in [0.29, 0.717) is 0 Å². The fourth-order valence-corrected chi connectivity index (χ4v) is 2.57. The molecule has 0 aliphatic rings. The average molecular weight is 307 g/mol. The third kappa shape index (κ3) is 3.12. The van der Waals surface area contributed by atoms with E-state index in [0.717, 1.165) is 18.2 Å². The van der Waals surface area contributed by atoms with Crippen LogP contribution in [0.1, 0.15) is 5.56 Å². The number of hydrogen-bond acceptors (Lipinski definition) is 5. The molecule has 0 aliphatic carbocycles. The number of nitriles is 1. The molecular formula is C14H10FNO4S. The first-order chi connectivity index (χ1) is 9.97. The molecule has 0 saturated carbocycles. The minimum atomic E-state index is -4.19. The maximum Gasteiger partial charge on any atom is 0.339 e. The summed E-state index contributed by atoms with van der Waals surface area (Å²) in [6, 6.07) is 10.6. The van der Waals surface area contributed by atoms with E-state index in [2.05, 4.69) is 0 Å². The lowest BCUT2D eigenvalue weighted by molar-refractivity contribution is 0.390. The Morgan fingerprint density at radius 1 is 1.14 bits per heavy atom. The number of halogens is 1. The first kappa shape index (κ1) is 14.8. The molecule has 0 radical (unpaired) electrons. The van der Waals surface area contributed by atoms with Gasteiger partial charge >= 0.3 is 10.1 Å². The predicted molar refractivity (Wildman–Crippen MR) is 71.9 cm³/mol. The van der Waals surface area contributed by atoms with Crippen molar-refractivity contribution >= 4 is 10.1 Å². The Morgan fingerprint density at radius 2 is 1.81 bits per heavy atom. The Kier molecular flexibility index (Phi) is 4.10. The van der Waals surface area contributed by atoms with E-state index in [4.69, 9.17) is 14.2 Å². The first-order valence-corrected chi connectivity index (χ1v) is 7.16. The van der Waals surface area contributed by atoms with Crippen LogP contribution < -0.4 is 8.92 Å². The summed E-state index contributed by atoms with van der Waals surface area (Å²) in [6.07, 6.45) is 0. The lowest BCUT2D eigenvalue weighted by Crippen LogP contribution is -2.11. The summed E-state index contributed by atoms with van der Waals surface area (Å²) in [5, 5.41) is 8.73. The lowest BCUT2D eigenvalue weighted by Gasteiger charge is -2.10. The van der Waals surface area contributed by atoms with Gasteiger partial charge in [-0.2, -0.15) is 13.7 Å². The standard InChI is InChI=1S/C14H10FNO4S/c1-19-13-4-2-3-5-14(13)20-21(17,18)11-6-7-12(15)10(8-11)9-16/h2-8H,1H3. The number of nitrogens with zero attached hydrogens (tertiary/aromatic N) is 1. The van der Waals surface area contributed by atoms with Crippen molar-refractivity contribution in [3.8, 4) is 17.6 Å². The van der Waals surface area contributed by atoms with E-state index >= 15 is 0 Å². The molecule has 0 N–H and O–H groups in total. The summed E-state index contributed by atoms with van der Waals surface area (Å²) >= 11 is 0. The number of benzene rings is 2. The van der Waals surface area contributed by atoms with Crippen LogP contribution in [0, 0.1) is 17.1 Å². The molecule has 2 aromatic rings. The number of para-hydroxylation sites is 2. The Bertz CT molecular complexity index is 812. The SMILES string of the molecule is COc1ccccc1OS(=O)(=O)c1ccc(F)c(C#N)c1. The Balaban J connectivity index is 2.41. The summed E-state index contributed by atoms with van der Waals surface area (Å²) in [4.78, 5) is -0.314. The average Bonchev–Trinajstić information content (AvgIpc) is 2.47. The van der Waals surface area contributed by atoms with Crippen molar-refractivity contribution in [3.05, 3.63) is 53.8 Å². The minimum Gasteiger partial charge on any atom is -0.493 e. The van der Waals surface area contributed by atoms with Crippen LogP contribution in [0.15, 0.2) is 47.4 Å². The summed E-state index contributed by atoms with van der Waals surface area (Å²) in [6.45, 7) is 0. The molecule has 5 nitrogen and oxygen atoms in total. The van der Waals surface area contributed by atoms with Crippen molar-refractivity contribution in [2.75, 3.05) is 7.11 Å². The maximum absolute atomic E-state index is 13.2. The van der Waals surface area contributed by atoms with Gasteiger partial charge in [0.05, 0.1) is 12.7 Å². The van der Waals surface area contributed by atoms with Gasteiger partial charge in [0.2, 0.25) is 0 Å². The van der Waals surface area contributed by atoms with E-state index in [1.54, 1.807) is 18.2 Å². The summed E-state index contributed by atoms with van der Waals surface area (Å²) in [5.74, 6) is -0.555. The zero-order chi connectivity index (χ0) is 15.5. The van der Waals surface area contributed by atoms with Gasteiger partial charge in [0.25, 0.3) is 0 Å². The molecule has 0 amide bonds. The van der Waals surface area contributed by atoms with Gasteiger partial charge in [-0.15, -0.1) is 0 Å². The normalized spacial score (nSPS) is 10.7. The second-order valence-corrected chi connectivity index (χ2v) is 5.49. The molecule has 0 heterocycles. The van der Waals surface area contributed by atoms with Crippen LogP contribution in [-0.4, -0.2) is 15.5 Å². The van der Waals surface area contributed by atoms with E-state index in [1.165, 1.54) is 19.2 Å². The molecule has 0 aliphatic heterocycles. The molecule has 0 spiro atoms. The molecule has 0 unspecified atom stereocenters. The smallest absolute Gasteiger partial charge is 0.339 e. The molecule has 108 valence electrons. The number of ether oxygens (including phenoxy) is 1. The van der Waals surface area contributed by atoms with Crippen LogP contribution in [0.5, 0.6) is 11.5 Å². The van der Waals surface area contributed by atoms with Crippen LogP contribution in [0.25, 0.3) is 0 Å². The summed E-state index contributed by atoms with van der Waals surface area (Å²) in [7, 11) is -2.82. The van der Waals surface area contributed by atoms with Crippen molar-refractivity contribution in [2.45, 2.75) is 4.90 Å². The molecule has 2 aromatic carbocycles. The number of rotatable bonds is 4. The third-order valence-corrected chi connectivity index (χ3v) is 3.85. The highest BCUT2D eigenvalue weighted by atomic mass is 32.2. The quantitative estimate of drug-likeness (QED) is 0.811. The van der Waals surface area contributed by atoms with Gasteiger partial charge in [-0.3, -0.25) is 0 Å². The summed E-state index contributed by atoms with van der Waals surface area (Å²) in [5.41, 5.74) is -0.375. The molecule has 2 rings (SSSR count). The number of methoxy groups -OCH3 is 1. The molecule has 0 bridgehead atoms. The predicted octanol–water partition coefficient (Wildman–Crippen LogP) is 2.47. The first-order valence-electron chi connectivity index (χ1n) is 5.75. The fraction of sp³-hybridized carbons (Fsp3) is 0.0714. The van der Waals surface area contributed by atoms with Gasteiger partial charge in [0.1, 0.15) is 16.8 Å². The van der Waals surface area contributed by atoms with E-state index < -0.39 is 15.9 Å². The summed E-state index contributed by atoms with van der Waals surface area (Å²) < 4.78 is 47.5. The Hall–Kier alpha value is -2.59. The van der Waals surface area contributed by atoms with E-state index in [9.17, 15) is 12.8 Å². The molecule has 0 aromatic heterocycles. The zero-order valence-corrected chi connectivity index (χ0v) is 11.7. The zero-order valence-electron chi connectivity index (χ0n) is 10.9. The van der Waals surface area contributed by atoms with Gasteiger partial charge in [0, 0.05) is 0 Å². The highest BCUT2D eigenvalue weighted by Gasteiger charge is 2.20. The fourth-order valence-electron chi connectivity index (χ4n) is 1.60. The lowest BCUT2D eigenvalue weighted by atomic mass is 10.2. The highest BCUT2D eigenvalue weighted by molar-refractivity contribution is 7.87. The number of hydrogen-bond donors (Lipinski definition) is 0. The molecular weight excluding hydrogens is 297 g/mol. The second kappa shape index (κ2) is 5.81. The van der Waals surface area contributed by atoms with Gasteiger partial charge in [-0.1, -0.05) is 12.1 Å². The minimum absolute atomic E-state index is 0.00262. The largest absolute Gasteiger partial charge is 0.493 e. The van der Waals surface area contributed by atoms with Gasteiger partial charge in [-0.05, 0) is 30.3 Å². The highest BCUT2D eigenvalue weighted by Crippen LogP contribution is 2.29. The van der Waals surface area contributed by atoms with Crippen LogP contribution in [-0.2, 0) is 10.1 Å². The molecule has 0 saturated heterocycles. The molecule has 0 fully saturated rings. The Labute approximate surface area is 121 Å². The van der Waals surface area contributed by atoms with Gasteiger partial charge in [-0.25, -0.2) is 4.39 Å². The monoisotopic (exact) mass is 307 g/mol. The van der Waals surface area contributed by atoms with Crippen molar-refractivity contribution in [3.63, 3.8) is 0 Å². The maximum atomic E-state index is 13.2. The van der Waals surface area contributed by atoms with Crippen LogP contribution in [0.2, 0.25) is 0 Å². The molecule has 7 heteroatoms. The third-order valence-electron chi connectivity index (χ3n) is 2.62. The van der Waals surface area contributed by atoms with Crippen molar-refractivity contribution in [1.82, 2.24) is 0 Å². The van der Waals surface area contributed by atoms with Crippen molar-refractivity contribution in [1.29, 1.82) is 5.26 Å². The van der Waals surface area contributed by atoms with Gasteiger partial charge < -0.3 is 8.92 Å². The molecule has 0 atom stereocenters. The van der Waals surface area contributed by atoms with Crippen molar-refractivity contribution < 1.29 is 21.7 Å². The molecule has 21 heavy (non-hydrogen) atoms. The second-order valence-electron chi connectivity index (χ2n) is 3.94. The van der Waals surface area contributed by atoms with Crippen molar-refractivity contribution in [2.24, 2.45) is 0 Å². The topological polar surface area (TPSA) is 76.4 Å².